The van der Waals surface area contributed by atoms with Gasteiger partial charge in [0.1, 0.15) is 18.1 Å². The number of nitrogens with zero attached hydrogens (tertiary/aromatic N) is 1. The Bertz CT molecular complexity index is 1090. The van der Waals surface area contributed by atoms with Gasteiger partial charge in [0.25, 0.3) is 0 Å². The number of ether oxygens (including phenoxy) is 2. The minimum atomic E-state index is -0.339. The van der Waals surface area contributed by atoms with Crippen LogP contribution in [0.4, 0.5) is 5.69 Å². The van der Waals surface area contributed by atoms with Crippen molar-refractivity contribution in [2.45, 2.75) is 26.4 Å². The van der Waals surface area contributed by atoms with Crippen LogP contribution in [0.25, 0.3) is 0 Å². The molecule has 0 heterocycles. The van der Waals surface area contributed by atoms with Gasteiger partial charge in [0.2, 0.25) is 11.8 Å². The number of rotatable bonds is 10. The van der Waals surface area contributed by atoms with E-state index in [9.17, 15) is 9.59 Å². The Morgan fingerprint density at radius 2 is 1.61 bits per heavy atom. The zero-order valence-corrected chi connectivity index (χ0v) is 18.7. The van der Waals surface area contributed by atoms with Crippen LogP contribution < -0.4 is 20.2 Å². The molecule has 7 heteroatoms. The van der Waals surface area contributed by atoms with E-state index in [0.717, 1.165) is 16.9 Å². The Balaban J connectivity index is 1.37. The fourth-order valence-electron chi connectivity index (χ4n) is 2.98. The smallest absolute Gasteiger partial charge is 0.240 e. The lowest BCUT2D eigenvalue weighted by Crippen LogP contribution is -2.20. The maximum absolute atomic E-state index is 12.0. The second-order valence-electron chi connectivity index (χ2n) is 7.42. The van der Waals surface area contributed by atoms with Gasteiger partial charge in [-0.15, -0.1) is 0 Å². The molecule has 3 rings (SSSR count). The van der Waals surface area contributed by atoms with Crippen LogP contribution in [0.2, 0.25) is 0 Å². The Kier molecular flexibility index (Phi) is 8.59. The van der Waals surface area contributed by atoms with Crippen LogP contribution in [0.5, 0.6) is 11.5 Å². The quantitative estimate of drug-likeness (QED) is 0.356. The van der Waals surface area contributed by atoms with Crippen molar-refractivity contribution < 1.29 is 19.1 Å². The highest BCUT2D eigenvalue weighted by atomic mass is 16.5. The minimum absolute atomic E-state index is 0.0328. The average molecular weight is 446 g/mol. The Morgan fingerprint density at radius 3 is 2.30 bits per heavy atom. The highest BCUT2D eigenvalue weighted by Gasteiger charge is 2.07. The number of carbonyl (C=O) groups is 2. The van der Waals surface area contributed by atoms with Gasteiger partial charge in [-0.3, -0.25) is 9.59 Å². The summed E-state index contributed by atoms with van der Waals surface area (Å²) in [5, 5.41) is 6.68. The molecule has 0 radical (unpaired) electrons. The van der Waals surface area contributed by atoms with E-state index in [4.69, 9.17) is 9.47 Å². The molecule has 3 aromatic rings. The molecule has 3 aromatic carbocycles. The molecule has 33 heavy (non-hydrogen) atoms. The number of benzene rings is 3. The summed E-state index contributed by atoms with van der Waals surface area (Å²) in [4.78, 5) is 23.9. The van der Waals surface area contributed by atoms with E-state index in [1.54, 1.807) is 37.6 Å². The van der Waals surface area contributed by atoms with Crippen LogP contribution in [-0.2, 0) is 16.2 Å². The number of amides is 2. The summed E-state index contributed by atoms with van der Waals surface area (Å²) in [5.41, 5.74) is 6.20. The van der Waals surface area contributed by atoms with Crippen LogP contribution in [-0.4, -0.2) is 25.1 Å². The second-order valence-corrected chi connectivity index (χ2v) is 7.42. The number of anilines is 1. The fraction of sp³-hybridized carbons (Fsp3) is 0.192. The summed E-state index contributed by atoms with van der Waals surface area (Å²) in [6, 6.07) is 22.5. The van der Waals surface area contributed by atoms with Gasteiger partial charge in [-0.25, -0.2) is 5.43 Å². The Labute approximate surface area is 193 Å². The third-order valence-electron chi connectivity index (χ3n) is 4.72. The third-order valence-corrected chi connectivity index (χ3v) is 4.72. The van der Waals surface area contributed by atoms with Crippen molar-refractivity contribution in [1.82, 2.24) is 5.43 Å². The van der Waals surface area contributed by atoms with Gasteiger partial charge in [-0.1, -0.05) is 29.8 Å². The van der Waals surface area contributed by atoms with E-state index in [-0.39, 0.29) is 24.7 Å². The number of nitrogens with one attached hydrogen (secondary N) is 2. The first-order valence-electron chi connectivity index (χ1n) is 10.6. The van der Waals surface area contributed by atoms with E-state index < -0.39 is 0 Å². The zero-order valence-electron chi connectivity index (χ0n) is 18.7. The van der Waals surface area contributed by atoms with Crippen LogP contribution in [0.3, 0.4) is 0 Å². The molecule has 2 amide bonds. The normalized spacial score (nSPS) is 10.6. The monoisotopic (exact) mass is 445 g/mol. The standard InChI is InChI=1S/C26H27N3O4/c1-19-4-3-5-21(16-19)18-33-24-10-6-20(7-11-24)17-27-29-26(31)15-14-25(30)28-22-8-12-23(32-2)13-9-22/h3-13,16-17H,14-15,18H2,1-2H3,(H,28,30)(H,29,31). The molecule has 2 N–H and O–H groups in total. The summed E-state index contributed by atoms with van der Waals surface area (Å²) in [6.45, 7) is 2.55. The predicted molar refractivity (Wildman–Crippen MR) is 129 cm³/mol. The lowest BCUT2D eigenvalue weighted by Gasteiger charge is -2.07. The fourth-order valence-corrected chi connectivity index (χ4v) is 2.98. The maximum atomic E-state index is 12.0. The molecule has 0 aromatic heterocycles. The van der Waals surface area contributed by atoms with Crippen molar-refractivity contribution in [3.8, 4) is 11.5 Å². The van der Waals surface area contributed by atoms with Crippen molar-refractivity contribution in [2.75, 3.05) is 12.4 Å². The number of hydrogen-bond acceptors (Lipinski definition) is 5. The topological polar surface area (TPSA) is 89.0 Å². The lowest BCUT2D eigenvalue weighted by molar-refractivity contribution is -0.124. The van der Waals surface area contributed by atoms with Crippen LogP contribution in [0, 0.1) is 6.92 Å². The molecular weight excluding hydrogens is 418 g/mol. The van der Waals surface area contributed by atoms with Crippen molar-refractivity contribution in [1.29, 1.82) is 0 Å². The Hall–Kier alpha value is -4.13. The molecule has 0 bridgehead atoms. The molecule has 0 aliphatic heterocycles. The number of aryl methyl sites for hydroxylation is 1. The maximum Gasteiger partial charge on any atom is 0.240 e. The highest BCUT2D eigenvalue weighted by Crippen LogP contribution is 2.16. The molecule has 0 spiro atoms. The van der Waals surface area contributed by atoms with Gasteiger partial charge in [0.05, 0.1) is 13.3 Å². The first kappa shape index (κ1) is 23.5. The van der Waals surface area contributed by atoms with E-state index >= 15 is 0 Å². The highest BCUT2D eigenvalue weighted by molar-refractivity contribution is 5.93. The molecule has 170 valence electrons. The van der Waals surface area contributed by atoms with Crippen molar-refractivity contribution in [2.24, 2.45) is 5.10 Å². The van der Waals surface area contributed by atoms with Crippen LogP contribution >= 0.6 is 0 Å². The number of hydrazone groups is 1. The van der Waals surface area contributed by atoms with Crippen molar-refractivity contribution >= 4 is 23.7 Å². The summed E-state index contributed by atoms with van der Waals surface area (Å²) in [7, 11) is 1.58. The van der Waals surface area contributed by atoms with Gasteiger partial charge in [0, 0.05) is 18.5 Å². The molecule has 0 saturated heterocycles. The van der Waals surface area contributed by atoms with Gasteiger partial charge >= 0.3 is 0 Å². The number of carbonyl (C=O) groups excluding carboxylic acids is 2. The zero-order chi connectivity index (χ0) is 23.5. The average Bonchev–Trinajstić information content (AvgIpc) is 2.83. The van der Waals surface area contributed by atoms with E-state index in [1.165, 1.54) is 5.56 Å². The van der Waals surface area contributed by atoms with Gasteiger partial charge < -0.3 is 14.8 Å². The van der Waals surface area contributed by atoms with Gasteiger partial charge in [0.15, 0.2) is 0 Å². The van der Waals surface area contributed by atoms with E-state index in [1.807, 2.05) is 49.4 Å². The van der Waals surface area contributed by atoms with E-state index in [0.29, 0.717) is 18.0 Å². The molecule has 0 aliphatic carbocycles. The SMILES string of the molecule is COc1ccc(NC(=O)CCC(=O)NN=Cc2ccc(OCc3cccc(C)c3)cc2)cc1. The summed E-state index contributed by atoms with van der Waals surface area (Å²) < 4.78 is 10.9. The summed E-state index contributed by atoms with van der Waals surface area (Å²) in [5.74, 6) is 0.866. The molecular formula is C26H27N3O4. The predicted octanol–water partition coefficient (Wildman–Crippen LogP) is 4.45. The second kappa shape index (κ2) is 12.0. The molecule has 7 nitrogen and oxygen atoms in total. The van der Waals surface area contributed by atoms with Crippen LogP contribution in [0.15, 0.2) is 77.9 Å². The van der Waals surface area contributed by atoms with Gasteiger partial charge in [-0.05, 0) is 66.6 Å². The summed E-state index contributed by atoms with van der Waals surface area (Å²) in [6.07, 6.45) is 1.63. The van der Waals surface area contributed by atoms with Crippen LogP contribution in [0.1, 0.15) is 29.5 Å². The van der Waals surface area contributed by atoms with Gasteiger partial charge in [-0.2, -0.15) is 5.10 Å². The van der Waals surface area contributed by atoms with E-state index in [2.05, 4.69) is 21.9 Å². The number of hydrogen-bond donors (Lipinski definition) is 2. The van der Waals surface area contributed by atoms with Crippen molar-refractivity contribution in [3.63, 3.8) is 0 Å². The molecule has 0 atom stereocenters. The summed E-state index contributed by atoms with van der Waals surface area (Å²) >= 11 is 0. The number of methoxy groups -OCH3 is 1. The molecule has 0 aliphatic rings. The largest absolute Gasteiger partial charge is 0.497 e. The molecule has 0 unspecified atom stereocenters. The van der Waals surface area contributed by atoms with Crippen molar-refractivity contribution in [3.05, 3.63) is 89.5 Å². The first-order valence-corrected chi connectivity index (χ1v) is 10.6. The Morgan fingerprint density at radius 1 is 0.909 bits per heavy atom. The molecule has 0 saturated carbocycles. The first-order chi connectivity index (χ1) is 16.0. The minimum Gasteiger partial charge on any atom is -0.497 e. The third kappa shape index (κ3) is 8.14. The molecule has 0 fully saturated rings. The lowest BCUT2D eigenvalue weighted by atomic mass is 10.1.